The summed E-state index contributed by atoms with van der Waals surface area (Å²) in [5.74, 6) is 0.649. The van der Waals surface area contributed by atoms with Crippen molar-refractivity contribution in [3.8, 4) is 6.07 Å². The van der Waals surface area contributed by atoms with Crippen LogP contribution in [0.2, 0.25) is 0 Å². The van der Waals surface area contributed by atoms with Gasteiger partial charge in [0, 0.05) is 12.2 Å². The molecular formula is C14H17N3O. The minimum absolute atomic E-state index is 0.146. The second-order valence-electron chi connectivity index (χ2n) is 4.80. The van der Waals surface area contributed by atoms with Gasteiger partial charge >= 0.3 is 0 Å². The van der Waals surface area contributed by atoms with Crippen LogP contribution in [0, 0.1) is 17.2 Å². The van der Waals surface area contributed by atoms with Gasteiger partial charge in [0.1, 0.15) is 11.8 Å². The third kappa shape index (κ3) is 3.30. The number of aromatic nitrogens is 1. The summed E-state index contributed by atoms with van der Waals surface area (Å²) in [6.07, 6.45) is 6.02. The fourth-order valence-corrected chi connectivity index (χ4v) is 1.94. The molecule has 0 bridgehead atoms. The molecule has 1 heterocycles. The number of hydrogen-bond acceptors (Lipinski definition) is 3. The van der Waals surface area contributed by atoms with E-state index in [4.69, 9.17) is 5.26 Å². The predicted molar refractivity (Wildman–Crippen MR) is 67.8 cm³/mol. The van der Waals surface area contributed by atoms with Crippen LogP contribution in [0.25, 0.3) is 0 Å². The molecule has 1 aromatic rings. The normalized spacial score (nSPS) is 15.8. The monoisotopic (exact) mass is 243 g/mol. The Balaban J connectivity index is 1.94. The predicted octanol–water partition coefficient (Wildman–Crippen LogP) is 2.26. The van der Waals surface area contributed by atoms with Gasteiger partial charge in [0.15, 0.2) is 0 Å². The topological polar surface area (TPSA) is 65.8 Å². The van der Waals surface area contributed by atoms with Crippen LogP contribution in [0.1, 0.15) is 48.7 Å². The molecule has 2 rings (SSSR count). The number of nitriles is 1. The number of nitrogens with one attached hydrogen (secondary N) is 1. The fraction of sp³-hybridized carbons (Fsp3) is 0.500. The van der Waals surface area contributed by atoms with Gasteiger partial charge in [-0.05, 0) is 30.9 Å². The Morgan fingerprint density at radius 2 is 2.39 bits per heavy atom. The maximum atomic E-state index is 12.0. The first-order chi connectivity index (χ1) is 8.72. The van der Waals surface area contributed by atoms with Gasteiger partial charge in [-0.25, -0.2) is 4.98 Å². The molecule has 1 aliphatic rings. The number of hydrogen-bond donors (Lipinski definition) is 1. The first kappa shape index (κ1) is 12.6. The van der Waals surface area contributed by atoms with Crippen molar-refractivity contribution in [3.63, 3.8) is 0 Å². The van der Waals surface area contributed by atoms with Gasteiger partial charge < -0.3 is 5.32 Å². The minimum atomic E-state index is -0.146. The van der Waals surface area contributed by atoms with Gasteiger partial charge in [-0.15, -0.1) is 0 Å². The van der Waals surface area contributed by atoms with Crippen molar-refractivity contribution in [1.82, 2.24) is 10.3 Å². The van der Waals surface area contributed by atoms with E-state index in [9.17, 15) is 4.79 Å². The van der Waals surface area contributed by atoms with Crippen molar-refractivity contribution in [2.24, 2.45) is 5.92 Å². The molecule has 1 N–H and O–H groups in total. The van der Waals surface area contributed by atoms with Crippen molar-refractivity contribution in [1.29, 1.82) is 5.26 Å². The van der Waals surface area contributed by atoms with Crippen LogP contribution in [0.15, 0.2) is 18.3 Å². The smallest absolute Gasteiger partial charge is 0.270 e. The summed E-state index contributed by atoms with van der Waals surface area (Å²) < 4.78 is 0. The molecule has 1 saturated carbocycles. The van der Waals surface area contributed by atoms with Crippen LogP contribution in [-0.4, -0.2) is 16.9 Å². The third-order valence-electron chi connectivity index (χ3n) is 3.27. The molecule has 4 heteroatoms. The lowest BCUT2D eigenvalue weighted by Crippen LogP contribution is -2.35. The summed E-state index contributed by atoms with van der Waals surface area (Å²) in [7, 11) is 0. The van der Waals surface area contributed by atoms with Crippen molar-refractivity contribution in [2.75, 3.05) is 0 Å². The van der Waals surface area contributed by atoms with Crippen LogP contribution in [-0.2, 0) is 0 Å². The molecule has 1 aromatic heterocycles. The molecule has 1 aliphatic carbocycles. The lowest BCUT2D eigenvalue weighted by Gasteiger charge is -2.16. The van der Waals surface area contributed by atoms with Crippen LogP contribution < -0.4 is 5.32 Å². The van der Waals surface area contributed by atoms with Gasteiger partial charge in [-0.3, -0.25) is 4.79 Å². The van der Waals surface area contributed by atoms with E-state index in [0.29, 0.717) is 11.3 Å². The zero-order valence-electron chi connectivity index (χ0n) is 10.5. The quantitative estimate of drug-likeness (QED) is 0.862. The average molecular weight is 243 g/mol. The standard InChI is InChI=1S/C14H17N3O/c1-2-12(7-10-3-4-10)17-14(18)13-6-5-11(8-15)9-16-13/h5-6,9-10,12H,2-4,7H2,1H3,(H,17,18). The summed E-state index contributed by atoms with van der Waals surface area (Å²) in [6, 6.07) is 5.43. The number of rotatable bonds is 5. The van der Waals surface area contributed by atoms with Crippen LogP contribution in [0.3, 0.4) is 0 Å². The summed E-state index contributed by atoms with van der Waals surface area (Å²) >= 11 is 0. The van der Waals surface area contributed by atoms with Gasteiger partial charge in [0.25, 0.3) is 5.91 Å². The second kappa shape index (κ2) is 5.63. The molecule has 0 saturated heterocycles. The summed E-state index contributed by atoms with van der Waals surface area (Å²) in [5.41, 5.74) is 0.847. The Hall–Kier alpha value is -1.89. The molecule has 0 spiro atoms. The van der Waals surface area contributed by atoms with Crippen LogP contribution >= 0.6 is 0 Å². The molecule has 18 heavy (non-hydrogen) atoms. The summed E-state index contributed by atoms with van der Waals surface area (Å²) in [4.78, 5) is 16.0. The second-order valence-corrected chi connectivity index (χ2v) is 4.80. The van der Waals surface area contributed by atoms with E-state index in [1.165, 1.54) is 19.0 Å². The fourth-order valence-electron chi connectivity index (χ4n) is 1.94. The van der Waals surface area contributed by atoms with E-state index in [-0.39, 0.29) is 11.9 Å². The van der Waals surface area contributed by atoms with Crippen molar-refractivity contribution >= 4 is 5.91 Å². The van der Waals surface area contributed by atoms with E-state index < -0.39 is 0 Å². The third-order valence-corrected chi connectivity index (χ3v) is 3.27. The Morgan fingerprint density at radius 3 is 2.89 bits per heavy atom. The molecule has 0 aliphatic heterocycles. The lowest BCUT2D eigenvalue weighted by atomic mass is 10.1. The molecule has 1 amide bonds. The van der Waals surface area contributed by atoms with Crippen molar-refractivity contribution in [3.05, 3.63) is 29.6 Å². The van der Waals surface area contributed by atoms with E-state index in [1.54, 1.807) is 12.1 Å². The maximum absolute atomic E-state index is 12.0. The molecule has 1 unspecified atom stereocenters. The molecule has 94 valence electrons. The van der Waals surface area contributed by atoms with Gasteiger partial charge in [0.2, 0.25) is 0 Å². The largest absolute Gasteiger partial charge is 0.348 e. The lowest BCUT2D eigenvalue weighted by molar-refractivity contribution is 0.0927. The summed E-state index contributed by atoms with van der Waals surface area (Å²) in [5, 5.41) is 11.7. The highest BCUT2D eigenvalue weighted by Crippen LogP contribution is 2.34. The zero-order valence-corrected chi connectivity index (χ0v) is 10.5. The number of pyridine rings is 1. The highest BCUT2D eigenvalue weighted by Gasteiger charge is 2.25. The van der Waals surface area contributed by atoms with E-state index >= 15 is 0 Å². The Bertz CT molecular complexity index is 457. The minimum Gasteiger partial charge on any atom is -0.348 e. The first-order valence-corrected chi connectivity index (χ1v) is 6.40. The number of carbonyl (C=O) groups is 1. The van der Waals surface area contributed by atoms with Crippen molar-refractivity contribution in [2.45, 2.75) is 38.6 Å². The van der Waals surface area contributed by atoms with Crippen LogP contribution in [0.5, 0.6) is 0 Å². The SMILES string of the molecule is CCC(CC1CC1)NC(=O)c1ccc(C#N)cn1. The van der Waals surface area contributed by atoms with Crippen molar-refractivity contribution < 1.29 is 4.79 Å². The average Bonchev–Trinajstić information content (AvgIpc) is 3.22. The number of amides is 1. The van der Waals surface area contributed by atoms with Gasteiger partial charge in [-0.2, -0.15) is 5.26 Å². The highest BCUT2D eigenvalue weighted by atomic mass is 16.1. The molecular weight excluding hydrogens is 226 g/mol. The highest BCUT2D eigenvalue weighted by molar-refractivity contribution is 5.92. The molecule has 0 aromatic carbocycles. The number of nitrogens with zero attached hydrogens (tertiary/aromatic N) is 2. The zero-order chi connectivity index (χ0) is 13.0. The maximum Gasteiger partial charge on any atom is 0.270 e. The Morgan fingerprint density at radius 1 is 1.61 bits per heavy atom. The first-order valence-electron chi connectivity index (χ1n) is 6.40. The molecule has 1 atom stereocenters. The molecule has 1 fully saturated rings. The molecule has 4 nitrogen and oxygen atoms in total. The molecule has 0 radical (unpaired) electrons. The van der Waals surface area contributed by atoms with Crippen LogP contribution in [0.4, 0.5) is 0 Å². The Kier molecular flexibility index (Phi) is 3.93. The van der Waals surface area contributed by atoms with Gasteiger partial charge in [0.05, 0.1) is 5.56 Å². The Labute approximate surface area is 107 Å². The van der Waals surface area contributed by atoms with E-state index in [0.717, 1.165) is 18.8 Å². The van der Waals surface area contributed by atoms with E-state index in [2.05, 4.69) is 17.2 Å². The van der Waals surface area contributed by atoms with E-state index in [1.807, 2.05) is 6.07 Å². The van der Waals surface area contributed by atoms with Gasteiger partial charge in [-0.1, -0.05) is 19.8 Å². The summed E-state index contributed by atoms with van der Waals surface area (Å²) in [6.45, 7) is 2.08. The number of carbonyl (C=O) groups excluding carboxylic acids is 1.